The van der Waals surface area contributed by atoms with Crippen molar-refractivity contribution in [2.45, 2.75) is 32.6 Å². The number of nitrogens with one attached hydrogen (secondary N) is 1. The molecule has 0 aliphatic rings. The summed E-state index contributed by atoms with van der Waals surface area (Å²) in [5.74, 6) is -0.895. The highest BCUT2D eigenvalue weighted by atomic mass is 35.5. The summed E-state index contributed by atoms with van der Waals surface area (Å²) in [5.41, 5.74) is 2.24. The van der Waals surface area contributed by atoms with E-state index >= 15 is 0 Å². The van der Waals surface area contributed by atoms with Gasteiger partial charge in [0.1, 0.15) is 6.04 Å². The molecule has 3 rings (SSSR count). The molecule has 0 aliphatic heterocycles. The molecule has 3 aromatic rings. The monoisotopic (exact) mass is 561 g/mol. The van der Waals surface area contributed by atoms with Gasteiger partial charge < -0.3 is 10.2 Å². The average molecular weight is 563 g/mol. The first kappa shape index (κ1) is 28.7. The molecule has 2 amide bonds. The van der Waals surface area contributed by atoms with Crippen molar-refractivity contribution in [2.75, 3.05) is 12.8 Å². The van der Waals surface area contributed by atoms with Crippen LogP contribution >= 0.6 is 23.2 Å². The molecule has 1 N–H and O–H groups in total. The van der Waals surface area contributed by atoms with Crippen LogP contribution in [0, 0.1) is 0 Å². The molecule has 0 aliphatic carbocycles. The van der Waals surface area contributed by atoms with Gasteiger partial charge in [-0.3, -0.25) is 9.59 Å². The van der Waals surface area contributed by atoms with Gasteiger partial charge in [-0.05, 0) is 41.8 Å². The molecule has 1 atom stereocenters. The van der Waals surface area contributed by atoms with E-state index in [0.717, 1.165) is 27.3 Å². The highest BCUT2D eigenvalue weighted by Gasteiger charge is 2.30. The van der Waals surface area contributed by atoms with Crippen LogP contribution < -0.4 is 5.32 Å². The summed E-state index contributed by atoms with van der Waals surface area (Å²) in [5, 5.41) is 3.89. The smallest absolute Gasteiger partial charge is 0.242 e. The molecule has 0 spiro atoms. The van der Waals surface area contributed by atoms with E-state index in [1.54, 1.807) is 73.7 Å². The third-order valence-electron chi connectivity index (χ3n) is 5.83. The Balaban J connectivity index is 1.81. The first-order chi connectivity index (χ1) is 17.5. The molecule has 10 heteroatoms. The van der Waals surface area contributed by atoms with Gasteiger partial charge in [-0.15, -0.1) is 0 Å². The topological polar surface area (TPSA) is 86.8 Å². The van der Waals surface area contributed by atoms with Crippen molar-refractivity contribution in [3.8, 4) is 0 Å². The zero-order valence-electron chi connectivity index (χ0n) is 20.6. The molecule has 0 saturated heterocycles. The molecular formula is C27H29Cl2N3O4S. The number of carbonyl (C=O) groups is 2. The summed E-state index contributed by atoms with van der Waals surface area (Å²) in [6, 6.07) is 22.2. The maximum Gasteiger partial charge on any atom is 0.242 e. The quantitative estimate of drug-likeness (QED) is 0.373. The van der Waals surface area contributed by atoms with Gasteiger partial charge in [0.25, 0.3) is 0 Å². The highest BCUT2D eigenvalue weighted by Crippen LogP contribution is 2.17. The predicted octanol–water partition coefficient (Wildman–Crippen LogP) is 4.49. The number of sulfonamides is 1. The summed E-state index contributed by atoms with van der Waals surface area (Å²) in [6.45, 7) is 1.52. The summed E-state index contributed by atoms with van der Waals surface area (Å²) >= 11 is 12.2. The second-order valence-corrected chi connectivity index (χ2v) is 11.5. The molecular weight excluding hydrogens is 533 g/mol. The lowest BCUT2D eigenvalue weighted by Gasteiger charge is -2.31. The lowest BCUT2D eigenvalue weighted by Crippen LogP contribution is -2.50. The zero-order valence-corrected chi connectivity index (χ0v) is 22.9. The average Bonchev–Trinajstić information content (AvgIpc) is 2.87. The first-order valence-corrected chi connectivity index (χ1v) is 14.2. The van der Waals surface area contributed by atoms with Gasteiger partial charge in [0.05, 0.1) is 12.8 Å². The van der Waals surface area contributed by atoms with E-state index in [0.29, 0.717) is 10.0 Å². The fourth-order valence-electron chi connectivity index (χ4n) is 3.66. The molecule has 7 nitrogen and oxygen atoms in total. The number of hydrogen-bond acceptors (Lipinski definition) is 4. The summed E-state index contributed by atoms with van der Waals surface area (Å²) in [7, 11) is -3.71. The van der Waals surface area contributed by atoms with Crippen molar-refractivity contribution in [1.82, 2.24) is 14.5 Å². The number of benzene rings is 3. The minimum atomic E-state index is -3.71. The Morgan fingerprint density at radius 2 is 1.46 bits per heavy atom. The fraction of sp³-hybridized carbons (Fsp3) is 0.259. The van der Waals surface area contributed by atoms with Gasteiger partial charge >= 0.3 is 0 Å². The van der Waals surface area contributed by atoms with Crippen molar-refractivity contribution in [1.29, 1.82) is 0 Å². The Bertz CT molecular complexity index is 1320. The standard InChI is InChI=1S/C27H29Cl2N3O4S/c1-20(27(34)30-16-23-10-6-7-11-25(23)29)32(18-22-12-14-24(28)15-13-22)26(33)19-31(37(2,35)36)17-21-8-4-3-5-9-21/h3-15,20H,16-19H2,1-2H3,(H,30,34)/t20-/m0/s1. The first-order valence-electron chi connectivity index (χ1n) is 11.6. The van der Waals surface area contributed by atoms with Crippen LogP contribution in [0.3, 0.4) is 0 Å². The van der Waals surface area contributed by atoms with E-state index in [2.05, 4.69) is 5.32 Å². The predicted molar refractivity (Wildman–Crippen MR) is 146 cm³/mol. The van der Waals surface area contributed by atoms with Crippen LogP contribution in [-0.2, 0) is 39.2 Å². The van der Waals surface area contributed by atoms with Crippen LogP contribution in [-0.4, -0.2) is 48.3 Å². The van der Waals surface area contributed by atoms with E-state index in [1.165, 1.54) is 4.90 Å². The van der Waals surface area contributed by atoms with Crippen molar-refractivity contribution < 1.29 is 18.0 Å². The molecule has 0 heterocycles. The van der Waals surface area contributed by atoms with E-state index in [9.17, 15) is 18.0 Å². The van der Waals surface area contributed by atoms with Crippen LogP contribution in [0.5, 0.6) is 0 Å². The minimum Gasteiger partial charge on any atom is -0.350 e. The van der Waals surface area contributed by atoms with Gasteiger partial charge in [-0.25, -0.2) is 8.42 Å². The SMILES string of the molecule is C[C@@H](C(=O)NCc1ccccc1Cl)N(Cc1ccc(Cl)cc1)C(=O)CN(Cc1ccccc1)S(C)(=O)=O. The molecule has 0 aromatic heterocycles. The van der Waals surface area contributed by atoms with Gasteiger partial charge in [-0.1, -0.05) is 83.9 Å². The number of halogens is 2. The largest absolute Gasteiger partial charge is 0.350 e. The normalized spacial score (nSPS) is 12.2. The van der Waals surface area contributed by atoms with Gasteiger partial charge in [0.15, 0.2) is 0 Å². The van der Waals surface area contributed by atoms with Gasteiger partial charge in [0, 0.05) is 29.7 Å². The van der Waals surface area contributed by atoms with Gasteiger partial charge in [0.2, 0.25) is 21.8 Å². The summed E-state index contributed by atoms with van der Waals surface area (Å²) < 4.78 is 26.2. The second kappa shape index (κ2) is 13.1. The maximum atomic E-state index is 13.5. The van der Waals surface area contributed by atoms with E-state index < -0.39 is 34.4 Å². The van der Waals surface area contributed by atoms with E-state index in [4.69, 9.17) is 23.2 Å². The summed E-state index contributed by atoms with van der Waals surface area (Å²) in [6.07, 6.45) is 1.06. The molecule has 0 fully saturated rings. The van der Waals surface area contributed by atoms with Crippen LogP contribution in [0.15, 0.2) is 78.9 Å². The number of rotatable bonds is 11. The minimum absolute atomic E-state index is 0.0350. The lowest BCUT2D eigenvalue weighted by atomic mass is 10.1. The molecule has 0 unspecified atom stereocenters. The lowest BCUT2D eigenvalue weighted by molar-refractivity contribution is -0.140. The van der Waals surface area contributed by atoms with Crippen molar-refractivity contribution >= 4 is 45.0 Å². The number of amides is 2. The highest BCUT2D eigenvalue weighted by molar-refractivity contribution is 7.88. The van der Waals surface area contributed by atoms with E-state index in [-0.39, 0.29) is 19.6 Å². The Morgan fingerprint density at radius 3 is 2.08 bits per heavy atom. The molecule has 37 heavy (non-hydrogen) atoms. The zero-order chi connectivity index (χ0) is 27.0. The molecule has 196 valence electrons. The summed E-state index contributed by atoms with van der Waals surface area (Å²) in [4.78, 5) is 28.0. The Labute approximate surface area is 228 Å². The van der Waals surface area contributed by atoms with Crippen LogP contribution in [0.25, 0.3) is 0 Å². The number of carbonyl (C=O) groups excluding carboxylic acids is 2. The molecule has 0 saturated carbocycles. The van der Waals surface area contributed by atoms with Crippen molar-refractivity contribution in [2.24, 2.45) is 0 Å². The number of nitrogens with zero attached hydrogens (tertiary/aromatic N) is 2. The Hall–Kier alpha value is -2.91. The van der Waals surface area contributed by atoms with Crippen LogP contribution in [0.1, 0.15) is 23.6 Å². The van der Waals surface area contributed by atoms with Crippen molar-refractivity contribution in [3.63, 3.8) is 0 Å². The molecule has 3 aromatic carbocycles. The van der Waals surface area contributed by atoms with Crippen LogP contribution in [0.4, 0.5) is 0 Å². The Kier molecular flexibility index (Phi) is 10.1. The molecule has 0 bridgehead atoms. The van der Waals surface area contributed by atoms with Crippen LogP contribution in [0.2, 0.25) is 10.0 Å². The fourth-order valence-corrected chi connectivity index (χ4v) is 4.72. The van der Waals surface area contributed by atoms with Gasteiger partial charge in [-0.2, -0.15) is 4.31 Å². The third-order valence-corrected chi connectivity index (χ3v) is 7.64. The maximum absolute atomic E-state index is 13.5. The second-order valence-electron chi connectivity index (χ2n) is 8.65. The van der Waals surface area contributed by atoms with E-state index in [1.807, 2.05) is 12.1 Å². The third kappa shape index (κ3) is 8.57. The number of hydrogen-bond donors (Lipinski definition) is 1. The molecule has 0 radical (unpaired) electrons. The van der Waals surface area contributed by atoms with Crippen molar-refractivity contribution in [3.05, 3.63) is 106 Å². The Morgan fingerprint density at radius 1 is 0.865 bits per heavy atom.